The summed E-state index contributed by atoms with van der Waals surface area (Å²) in [5, 5.41) is 0. The average molecular weight is 680 g/mol. The number of ether oxygens (including phenoxy) is 5. The smallest absolute Gasteiger partial charge is 0.308 e. The van der Waals surface area contributed by atoms with Gasteiger partial charge in [-0.1, -0.05) is 43.0 Å². The summed E-state index contributed by atoms with van der Waals surface area (Å²) in [6.07, 6.45) is 6.46. The number of carbonyl (C=O) groups is 2. The number of hydrogen-bond acceptors (Lipinski definition) is 10. The van der Waals surface area contributed by atoms with E-state index in [9.17, 15) is 9.59 Å². The van der Waals surface area contributed by atoms with Crippen LogP contribution in [-0.2, 0) is 35.0 Å². The van der Waals surface area contributed by atoms with Crippen molar-refractivity contribution in [2.45, 2.75) is 102 Å². The Morgan fingerprint density at radius 1 is 1.06 bits per heavy atom. The third-order valence-corrected chi connectivity index (χ3v) is 10.0. The predicted octanol–water partition coefficient (Wildman–Crippen LogP) is 6.29. The Morgan fingerprint density at radius 3 is 2.45 bits per heavy atom. The van der Waals surface area contributed by atoms with Crippen LogP contribution in [-0.4, -0.2) is 87.2 Å². The number of methoxy groups -OCH3 is 2. The van der Waals surface area contributed by atoms with Crippen LogP contribution < -0.4 is 10.5 Å². The summed E-state index contributed by atoms with van der Waals surface area (Å²) in [6, 6.07) is 16.7. The van der Waals surface area contributed by atoms with Gasteiger partial charge in [-0.2, -0.15) is 0 Å². The van der Waals surface area contributed by atoms with Crippen molar-refractivity contribution in [2.24, 2.45) is 5.92 Å². The van der Waals surface area contributed by atoms with Gasteiger partial charge in [0.2, 0.25) is 0 Å². The number of rotatable bonds is 18. The Bertz CT molecular complexity index is 1360. The SMILES string of the molecule is C=C(CCc1ccc(OC2CC(OC(C)=O)CC(C(=O)OC)C2)c(N)c1)N(CC)COC(CCC(OC)C1CCCN1C)c1ccccc1. The lowest BCUT2D eigenvalue weighted by atomic mass is 9.85. The first-order valence-corrected chi connectivity index (χ1v) is 17.7. The first kappa shape index (κ1) is 38.2. The molecule has 1 aliphatic carbocycles. The molecule has 2 N–H and O–H groups in total. The lowest BCUT2D eigenvalue weighted by molar-refractivity contribution is -0.158. The maximum Gasteiger partial charge on any atom is 0.308 e. The van der Waals surface area contributed by atoms with E-state index in [2.05, 4.69) is 54.6 Å². The Kier molecular flexibility index (Phi) is 14.8. The summed E-state index contributed by atoms with van der Waals surface area (Å²) in [6.45, 7) is 10.3. The number of nitrogen functional groups attached to an aromatic ring is 1. The molecule has 2 aromatic rings. The van der Waals surface area contributed by atoms with Crippen LogP contribution in [0.15, 0.2) is 60.8 Å². The molecule has 49 heavy (non-hydrogen) atoms. The van der Waals surface area contributed by atoms with Gasteiger partial charge in [0, 0.05) is 38.7 Å². The van der Waals surface area contributed by atoms with Crippen LogP contribution in [0.1, 0.15) is 82.4 Å². The number of hydrogen-bond donors (Lipinski definition) is 1. The molecule has 0 radical (unpaired) electrons. The van der Waals surface area contributed by atoms with Crippen molar-refractivity contribution in [3.05, 3.63) is 71.9 Å². The molecule has 6 unspecified atom stereocenters. The average Bonchev–Trinajstić information content (AvgIpc) is 3.52. The van der Waals surface area contributed by atoms with Gasteiger partial charge in [-0.3, -0.25) is 9.59 Å². The highest BCUT2D eigenvalue weighted by molar-refractivity contribution is 5.72. The van der Waals surface area contributed by atoms with Gasteiger partial charge in [0.05, 0.1) is 30.9 Å². The highest BCUT2D eigenvalue weighted by atomic mass is 16.5. The highest BCUT2D eigenvalue weighted by Gasteiger charge is 2.36. The molecule has 4 rings (SSSR count). The molecule has 2 fully saturated rings. The van der Waals surface area contributed by atoms with Crippen molar-refractivity contribution in [3.63, 3.8) is 0 Å². The lowest BCUT2D eigenvalue weighted by Crippen LogP contribution is -2.39. The molecule has 0 aromatic heterocycles. The minimum atomic E-state index is -0.415. The van der Waals surface area contributed by atoms with Gasteiger partial charge in [0.15, 0.2) is 0 Å². The minimum absolute atomic E-state index is 0.0453. The van der Waals surface area contributed by atoms with E-state index in [1.54, 1.807) is 0 Å². The van der Waals surface area contributed by atoms with Crippen LogP contribution >= 0.6 is 0 Å². The quantitative estimate of drug-likeness (QED) is 0.110. The predicted molar refractivity (Wildman–Crippen MR) is 191 cm³/mol. The van der Waals surface area contributed by atoms with Gasteiger partial charge >= 0.3 is 11.9 Å². The Hall–Kier alpha value is -3.60. The number of likely N-dealkylation sites (tertiary alicyclic amines) is 1. The van der Waals surface area contributed by atoms with Crippen molar-refractivity contribution in [3.8, 4) is 5.75 Å². The number of carbonyl (C=O) groups excluding carboxylic acids is 2. The van der Waals surface area contributed by atoms with Gasteiger partial charge in [0.1, 0.15) is 24.7 Å². The van der Waals surface area contributed by atoms with E-state index in [1.165, 1.54) is 32.4 Å². The molecule has 2 aliphatic rings. The lowest BCUT2D eigenvalue weighted by Gasteiger charge is -2.33. The van der Waals surface area contributed by atoms with E-state index in [1.807, 2.05) is 31.4 Å². The zero-order valence-electron chi connectivity index (χ0n) is 30.1. The molecule has 6 atom stereocenters. The topological polar surface area (TPSA) is 113 Å². The molecule has 0 bridgehead atoms. The Morgan fingerprint density at radius 2 is 1.82 bits per heavy atom. The van der Waals surface area contributed by atoms with Gasteiger partial charge in [-0.15, -0.1) is 0 Å². The van der Waals surface area contributed by atoms with Gasteiger partial charge < -0.3 is 39.2 Å². The Labute approximate surface area is 292 Å². The maximum atomic E-state index is 12.3. The number of likely N-dealkylation sites (N-methyl/N-ethyl adjacent to an activating group) is 1. The molecule has 1 saturated heterocycles. The zero-order chi connectivity index (χ0) is 35.3. The molecule has 270 valence electrons. The highest BCUT2D eigenvalue weighted by Crippen LogP contribution is 2.34. The van der Waals surface area contributed by atoms with Crippen molar-refractivity contribution >= 4 is 17.6 Å². The van der Waals surface area contributed by atoms with Crippen LogP contribution in [0.25, 0.3) is 0 Å². The number of allylic oxidation sites excluding steroid dienone is 1. The van der Waals surface area contributed by atoms with Crippen molar-refractivity contribution in [2.75, 3.05) is 46.8 Å². The number of anilines is 1. The fourth-order valence-corrected chi connectivity index (χ4v) is 7.28. The fourth-order valence-electron chi connectivity index (χ4n) is 7.28. The summed E-state index contributed by atoms with van der Waals surface area (Å²) < 4.78 is 29.2. The number of nitrogens with two attached hydrogens (primary N) is 1. The molecule has 1 heterocycles. The van der Waals surface area contributed by atoms with E-state index < -0.39 is 12.0 Å². The van der Waals surface area contributed by atoms with Crippen LogP contribution in [0.4, 0.5) is 5.69 Å². The summed E-state index contributed by atoms with van der Waals surface area (Å²) >= 11 is 0. The zero-order valence-corrected chi connectivity index (χ0v) is 30.1. The summed E-state index contributed by atoms with van der Waals surface area (Å²) in [5.74, 6) is -0.574. The van der Waals surface area contributed by atoms with E-state index in [4.69, 9.17) is 29.4 Å². The summed E-state index contributed by atoms with van der Waals surface area (Å²) in [4.78, 5) is 28.5. The van der Waals surface area contributed by atoms with Crippen LogP contribution in [0.3, 0.4) is 0 Å². The third-order valence-electron chi connectivity index (χ3n) is 10.0. The molecule has 2 aromatic carbocycles. The molecular formula is C39H57N3O7. The standard InChI is InChI=1S/C39H57N3O7/c1-7-42(26-47-36(30-12-9-8-10-13-30)19-20-38(45-5)35-14-11-21-41(35)4)27(2)15-16-29-17-18-37(34(40)22-29)49-33-24-31(39(44)46-6)23-32(25-33)48-28(3)43/h8-10,12-13,17-18,22,31-33,35-36,38H,2,7,11,14-16,19-21,23-26,40H2,1,3-6H3. The van der Waals surface area contributed by atoms with Crippen molar-refractivity contribution in [1.82, 2.24) is 9.80 Å². The van der Waals surface area contributed by atoms with Crippen molar-refractivity contribution in [1.29, 1.82) is 0 Å². The number of esters is 2. The first-order valence-electron chi connectivity index (χ1n) is 17.7. The number of benzene rings is 2. The molecule has 1 aliphatic heterocycles. The second kappa shape index (κ2) is 19.0. The molecular weight excluding hydrogens is 622 g/mol. The van der Waals surface area contributed by atoms with Crippen LogP contribution in [0.5, 0.6) is 5.75 Å². The second-order valence-electron chi connectivity index (χ2n) is 13.4. The minimum Gasteiger partial charge on any atom is -0.488 e. The van der Waals surface area contributed by atoms with E-state index in [0.29, 0.717) is 43.5 Å². The van der Waals surface area contributed by atoms with Gasteiger partial charge in [0.25, 0.3) is 0 Å². The largest absolute Gasteiger partial charge is 0.488 e. The third kappa shape index (κ3) is 11.2. The monoisotopic (exact) mass is 679 g/mol. The first-order chi connectivity index (χ1) is 23.6. The fraction of sp³-hybridized carbons (Fsp3) is 0.590. The van der Waals surface area contributed by atoms with Crippen LogP contribution in [0.2, 0.25) is 0 Å². The normalized spacial score (nSPS) is 22.2. The number of aryl methyl sites for hydroxylation is 1. The molecule has 10 nitrogen and oxygen atoms in total. The summed E-state index contributed by atoms with van der Waals surface area (Å²) in [7, 11) is 5.38. The van der Waals surface area contributed by atoms with Gasteiger partial charge in [-0.25, -0.2) is 0 Å². The second-order valence-corrected chi connectivity index (χ2v) is 13.4. The summed E-state index contributed by atoms with van der Waals surface area (Å²) in [5.41, 5.74) is 10.2. The van der Waals surface area contributed by atoms with Crippen LogP contribution in [0, 0.1) is 5.92 Å². The maximum absolute atomic E-state index is 12.3. The molecule has 1 saturated carbocycles. The van der Waals surface area contributed by atoms with Gasteiger partial charge in [-0.05, 0) is 95.1 Å². The Balaban J connectivity index is 1.31. The molecule has 0 amide bonds. The molecule has 0 spiro atoms. The van der Waals surface area contributed by atoms with E-state index in [-0.39, 0.29) is 30.3 Å². The number of nitrogens with zero attached hydrogens (tertiary/aromatic N) is 2. The van der Waals surface area contributed by atoms with E-state index >= 15 is 0 Å². The van der Waals surface area contributed by atoms with Crippen molar-refractivity contribution < 1.29 is 33.3 Å². The molecule has 10 heteroatoms. The van der Waals surface area contributed by atoms with E-state index in [0.717, 1.165) is 50.0 Å².